The minimum absolute atomic E-state index is 0.146. The van der Waals surface area contributed by atoms with Crippen molar-refractivity contribution in [2.75, 3.05) is 9.62 Å². The number of rotatable bonds is 6. The van der Waals surface area contributed by atoms with E-state index in [0.29, 0.717) is 16.3 Å². The first kappa shape index (κ1) is 20.2. The molecular formula is C22H20ClFN2OS. The molecule has 3 rings (SSSR count). The second-order valence-electron chi connectivity index (χ2n) is 6.34. The largest absolute Gasteiger partial charge is 0.325 e. The number of halogens is 2. The average Bonchev–Trinajstić information content (AvgIpc) is 2.65. The van der Waals surface area contributed by atoms with Gasteiger partial charge in [0, 0.05) is 23.2 Å². The molecule has 0 saturated heterocycles. The van der Waals surface area contributed by atoms with Gasteiger partial charge in [-0.05, 0) is 60.8 Å². The minimum Gasteiger partial charge on any atom is -0.325 e. The summed E-state index contributed by atoms with van der Waals surface area (Å²) in [4.78, 5) is 12.4. The standard InChI is InChI=1S/C22H20ClFN2OS/c1-15-7-5-8-17(13-15)26(14-18-19(23)9-6-10-20(18)24)28-22-12-4-3-11-21(22)25-16(2)27/h3-13H,14H2,1-2H3,(H,25,27). The molecule has 1 amide bonds. The summed E-state index contributed by atoms with van der Waals surface area (Å²) in [7, 11) is 0. The van der Waals surface area contributed by atoms with Crippen LogP contribution in [0.15, 0.2) is 71.6 Å². The quantitative estimate of drug-likeness (QED) is 0.470. The van der Waals surface area contributed by atoms with Crippen molar-refractivity contribution in [3.05, 3.63) is 88.7 Å². The highest BCUT2D eigenvalue weighted by Gasteiger charge is 2.17. The Bertz CT molecular complexity index is 976. The van der Waals surface area contributed by atoms with Crippen LogP contribution in [0.4, 0.5) is 15.8 Å². The molecule has 0 radical (unpaired) electrons. The average molecular weight is 415 g/mol. The maximum absolute atomic E-state index is 14.4. The second kappa shape index (κ2) is 9.13. The molecule has 0 fully saturated rings. The summed E-state index contributed by atoms with van der Waals surface area (Å²) in [6.07, 6.45) is 0. The van der Waals surface area contributed by atoms with E-state index in [0.717, 1.165) is 16.1 Å². The number of carbonyl (C=O) groups excluding carboxylic acids is 1. The van der Waals surface area contributed by atoms with Gasteiger partial charge in [0.05, 0.1) is 17.1 Å². The van der Waals surface area contributed by atoms with E-state index < -0.39 is 0 Å². The van der Waals surface area contributed by atoms with E-state index in [-0.39, 0.29) is 18.3 Å². The van der Waals surface area contributed by atoms with Gasteiger partial charge >= 0.3 is 0 Å². The monoisotopic (exact) mass is 414 g/mol. The molecule has 0 spiro atoms. The van der Waals surface area contributed by atoms with Gasteiger partial charge in [-0.1, -0.05) is 41.9 Å². The molecule has 1 N–H and O–H groups in total. The SMILES string of the molecule is CC(=O)Nc1ccccc1SN(Cc1c(F)cccc1Cl)c1cccc(C)c1. The van der Waals surface area contributed by atoms with E-state index in [1.54, 1.807) is 12.1 Å². The zero-order chi connectivity index (χ0) is 20.1. The van der Waals surface area contributed by atoms with Crippen LogP contribution < -0.4 is 9.62 Å². The van der Waals surface area contributed by atoms with Gasteiger partial charge in [0.2, 0.25) is 5.91 Å². The summed E-state index contributed by atoms with van der Waals surface area (Å²) >= 11 is 7.69. The van der Waals surface area contributed by atoms with Crippen LogP contribution in [0.25, 0.3) is 0 Å². The predicted molar refractivity (Wildman–Crippen MR) is 115 cm³/mol. The van der Waals surface area contributed by atoms with Crippen molar-refractivity contribution in [2.24, 2.45) is 0 Å². The van der Waals surface area contributed by atoms with E-state index >= 15 is 0 Å². The zero-order valence-electron chi connectivity index (χ0n) is 15.6. The molecule has 0 unspecified atom stereocenters. The van der Waals surface area contributed by atoms with Crippen molar-refractivity contribution in [1.82, 2.24) is 0 Å². The van der Waals surface area contributed by atoms with Crippen LogP contribution in [-0.2, 0) is 11.3 Å². The highest BCUT2D eigenvalue weighted by Crippen LogP contribution is 2.36. The van der Waals surface area contributed by atoms with Crippen LogP contribution in [-0.4, -0.2) is 5.91 Å². The van der Waals surface area contributed by atoms with Gasteiger partial charge in [-0.2, -0.15) is 0 Å². The number of nitrogens with one attached hydrogen (secondary N) is 1. The molecular weight excluding hydrogens is 395 g/mol. The number of carbonyl (C=O) groups is 1. The maximum atomic E-state index is 14.4. The van der Waals surface area contributed by atoms with Crippen LogP contribution in [0, 0.1) is 12.7 Å². The Morgan fingerprint density at radius 3 is 2.57 bits per heavy atom. The molecule has 0 aliphatic rings. The van der Waals surface area contributed by atoms with Crippen molar-refractivity contribution in [1.29, 1.82) is 0 Å². The minimum atomic E-state index is -0.346. The Labute approximate surface area is 173 Å². The summed E-state index contributed by atoms with van der Waals surface area (Å²) in [5, 5.41) is 3.22. The van der Waals surface area contributed by atoms with E-state index in [9.17, 15) is 9.18 Å². The molecule has 6 heteroatoms. The number of aryl methyl sites for hydroxylation is 1. The first-order valence-electron chi connectivity index (χ1n) is 8.75. The predicted octanol–water partition coefficient (Wildman–Crippen LogP) is 6.46. The van der Waals surface area contributed by atoms with E-state index in [1.807, 2.05) is 59.8 Å². The molecule has 0 heterocycles. The third-order valence-corrected chi connectivity index (χ3v) is 5.53. The second-order valence-corrected chi connectivity index (χ2v) is 7.81. The van der Waals surface area contributed by atoms with Crippen molar-refractivity contribution >= 4 is 40.8 Å². The molecule has 0 atom stereocenters. The number of hydrogen-bond donors (Lipinski definition) is 1. The number of para-hydroxylation sites is 1. The molecule has 0 aromatic heterocycles. The number of anilines is 2. The van der Waals surface area contributed by atoms with Crippen LogP contribution in [0.2, 0.25) is 5.02 Å². The summed E-state index contributed by atoms with van der Waals surface area (Å²) in [5.74, 6) is -0.492. The van der Waals surface area contributed by atoms with Gasteiger partial charge in [-0.15, -0.1) is 0 Å². The Hall–Kier alpha value is -2.50. The third-order valence-electron chi connectivity index (χ3n) is 4.06. The third kappa shape index (κ3) is 5.06. The number of benzene rings is 3. The lowest BCUT2D eigenvalue weighted by Gasteiger charge is -2.25. The van der Waals surface area contributed by atoms with Crippen molar-refractivity contribution in [3.63, 3.8) is 0 Å². The fourth-order valence-corrected chi connectivity index (χ4v) is 3.97. The molecule has 0 aliphatic carbocycles. The first-order valence-corrected chi connectivity index (χ1v) is 9.91. The first-order chi connectivity index (χ1) is 13.4. The highest BCUT2D eigenvalue weighted by atomic mass is 35.5. The molecule has 3 aromatic rings. The summed E-state index contributed by atoms with van der Waals surface area (Å²) in [6, 6.07) is 20.2. The summed E-state index contributed by atoms with van der Waals surface area (Å²) in [6.45, 7) is 3.75. The van der Waals surface area contributed by atoms with E-state index in [2.05, 4.69) is 5.32 Å². The van der Waals surface area contributed by atoms with Crippen LogP contribution in [0.3, 0.4) is 0 Å². The summed E-state index contributed by atoms with van der Waals surface area (Å²) in [5.41, 5.74) is 3.15. The highest BCUT2D eigenvalue weighted by molar-refractivity contribution is 8.00. The Morgan fingerprint density at radius 1 is 1.11 bits per heavy atom. The molecule has 3 aromatic carbocycles. The normalized spacial score (nSPS) is 10.6. The topological polar surface area (TPSA) is 32.3 Å². The molecule has 0 aliphatic heterocycles. The van der Waals surface area contributed by atoms with Gasteiger partial charge in [-0.3, -0.25) is 4.79 Å². The van der Waals surface area contributed by atoms with Crippen molar-refractivity contribution in [2.45, 2.75) is 25.3 Å². The molecule has 144 valence electrons. The van der Waals surface area contributed by atoms with Gasteiger partial charge < -0.3 is 9.62 Å². The molecule has 28 heavy (non-hydrogen) atoms. The molecule has 0 bridgehead atoms. The Balaban J connectivity index is 1.99. The number of amides is 1. The fourth-order valence-electron chi connectivity index (χ4n) is 2.74. The molecule has 0 saturated carbocycles. The van der Waals surface area contributed by atoms with Gasteiger partial charge in [0.1, 0.15) is 5.82 Å². The fraction of sp³-hybridized carbons (Fsp3) is 0.136. The summed E-state index contributed by atoms with van der Waals surface area (Å²) < 4.78 is 16.4. The smallest absolute Gasteiger partial charge is 0.221 e. The number of nitrogens with zero attached hydrogens (tertiary/aromatic N) is 1. The lowest BCUT2D eigenvalue weighted by molar-refractivity contribution is -0.114. The lowest BCUT2D eigenvalue weighted by Crippen LogP contribution is -2.16. The lowest BCUT2D eigenvalue weighted by atomic mass is 10.2. The van der Waals surface area contributed by atoms with Crippen LogP contribution >= 0.6 is 23.5 Å². The molecule has 3 nitrogen and oxygen atoms in total. The van der Waals surface area contributed by atoms with E-state index in [1.165, 1.54) is 24.9 Å². The number of hydrogen-bond acceptors (Lipinski definition) is 3. The Kier molecular flexibility index (Phi) is 6.60. The van der Waals surface area contributed by atoms with Gasteiger partial charge in [-0.25, -0.2) is 4.39 Å². The van der Waals surface area contributed by atoms with Crippen LogP contribution in [0.1, 0.15) is 18.1 Å². The van der Waals surface area contributed by atoms with Crippen molar-refractivity contribution in [3.8, 4) is 0 Å². The van der Waals surface area contributed by atoms with Gasteiger partial charge in [0.25, 0.3) is 0 Å². The van der Waals surface area contributed by atoms with Crippen molar-refractivity contribution < 1.29 is 9.18 Å². The van der Waals surface area contributed by atoms with Crippen LogP contribution in [0.5, 0.6) is 0 Å². The Morgan fingerprint density at radius 2 is 1.86 bits per heavy atom. The maximum Gasteiger partial charge on any atom is 0.221 e. The van der Waals surface area contributed by atoms with E-state index in [4.69, 9.17) is 11.6 Å². The van der Waals surface area contributed by atoms with Gasteiger partial charge in [0.15, 0.2) is 0 Å². The zero-order valence-corrected chi connectivity index (χ0v) is 17.2.